The maximum atomic E-state index is 11.5. The fourth-order valence-electron chi connectivity index (χ4n) is 1.28. The van der Waals surface area contributed by atoms with Crippen molar-refractivity contribution in [1.29, 1.82) is 0 Å². The molecule has 0 unspecified atom stereocenters. The van der Waals surface area contributed by atoms with E-state index < -0.39 is 0 Å². The second kappa shape index (κ2) is 2.48. The van der Waals surface area contributed by atoms with Crippen LogP contribution in [0.3, 0.4) is 0 Å². The van der Waals surface area contributed by atoms with Gasteiger partial charge in [0.25, 0.3) is 0 Å². The Morgan fingerprint density at radius 2 is 2.17 bits per heavy atom. The molecule has 1 aromatic carbocycles. The quantitative estimate of drug-likeness (QED) is 0.573. The first-order chi connectivity index (χ1) is 6.20. The van der Waals surface area contributed by atoms with E-state index in [9.17, 15) is 4.79 Å². The molecule has 1 heterocycles. The second-order valence-corrected chi connectivity index (χ2v) is 2.73. The Morgan fingerprint density at radius 3 is 3.00 bits per heavy atom. The van der Waals surface area contributed by atoms with Crippen molar-refractivity contribution in [2.45, 2.75) is 0 Å². The van der Waals surface area contributed by atoms with Crippen molar-refractivity contribution in [3.05, 3.63) is 46.7 Å². The van der Waals surface area contributed by atoms with E-state index in [1.165, 1.54) is 6.20 Å². The maximum absolute atomic E-state index is 11.5. The summed E-state index contributed by atoms with van der Waals surface area (Å²) in [7, 11) is 1.83. The molecule has 0 saturated heterocycles. The molecule has 0 radical (unpaired) electrons. The van der Waals surface area contributed by atoms with Crippen LogP contribution < -0.4 is 5.43 Å². The number of pyridine rings is 1. The zero-order valence-corrected chi connectivity index (χ0v) is 6.74. The summed E-state index contributed by atoms with van der Waals surface area (Å²) in [4.78, 5) is 11.5. The minimum atomic E-state index is -0.200. The molecule has 60 valence electrons. The number of hydrogen-bond donors (Lipinski definition) is 0. The lowest BCUT2D eigenvalue weighted by Crippen LogP contribution is -2.04. The highest BCUT2D eigenvalue weighted by Crippen LogP contribution is 2.06. The molecule has 0 aliphatic carbocycles. The Labute approximate surface area is 71.5 Å². The van der Waals surface area contributed by atoms with Crippen LogP contribution in [0.2, 0.25) is 0 Å². The van der Waals surface area contributed by atoms with E-state index in [-0.39, 0.29) is 11.5 Å². The zero-order chi connectivity index (χ0) is 9.42. The average Bonchev–Trinajstić information content (AvgIpc) is 2.15. The summed E-state index contributed by atoms with van der Waals surface area (Å²) in [5.74, 6) is 0. The first-order valence-corrected chi connectivity index (χ1v) is 3.75. The second-order valence-electron chi connectivity index (χ2n) is 2.73. The number of nitrogens with zero attached hydrogens (tertiary/aromatic N) is 1. The van der Waals surface area contributed by atoms with E-state index in [1.54, 1.807) is 10.6 Å². The number of para-hydroxylation sites is 1. The third-order valence-electron chi connectivity index (χ3n) is 1.92. The Bertz CT molecular complexity index is 516. The minimum absolute atomic E-state index is 0.0428. The van der Waals surface area contributed by atoms with Crippen molar-refractivity contribution < 1.29 is 1.37 Å². The van der Waals surface area contributed by atoms with Gasteiger partial charge in [0.1, 0.15) is 0 Å². The Morgan fingerprint density at radius 1 is 1.42 bits per heavy atom. The lowest BCUT2D eigenvalue weighted by molar-refractivity contribution is 0.950. The van der Waals surface area contributed by atoms with Crippen molar-refractivity contribution in [1.82, 2.24) is 4.57 Å². The summed E-state index contributed by atoms with van der Waals surface area (Å²) in [6, 6.07) is 7.35. The molecular weight excluding hydrogens is 150 g/mol. The zero-order valence-electron chi connectivity index (χ0n) is 7.74. The number of hydrogen-bond acceptors (Lipinski definition) is 1. The van der Waals surface area contributed by atoms with Gasteiger partial charge in [-0.3, -0.25) is 4.79 Å². The van der Waals surface area contributed by atoms with Crippen LogP contribution in [-0.4, -0.2) is 4.57 Å². The maximum Gasteiger partial charge on any atom is 0.189 e. The number of rotatable bonds is 0. The van der Waals surface area contributed by atoms with E-state index in [0.29, 0.717) is 5.39 Å². The van der Waals surface area contributed by atoms with E-state index in [2.05, 4.69) is 0 Å². The van der Waals surface area contributed by atoms with Gasteiger partial charge in [-0.05, 0) is 12.1 Å². The standard InChI is InChI=1S/C10H9NO/c1-11-7-6-10(12)8-4-2-3-5-9(8)11/h2-7H,1H3/i6D. The van der Waals surface area contributed by atoms with Crippen molar-refractivity contribution in [2.75, 3.05) is 0 Å². The molecule has 0 aliphatic heterocycles. The van der Waals surface area contributed by atoms with Crippen LogP contribution in [0.15, 0.2) is 41.3 Å². The normalized spacial score (nSPS) is 11.6. The van der Waals surface area contributed by atoms with Gasteiger partial charge in [-0.15, -0.1) is 0 Å². The van der Waals surface area contributed by atoms with Gasteiger partial charge in [0, 0.05) is 24.7 Å². The number of aromatic nitrogens is 1. The molecule has 0 atom stereocenters. The summed E-state index contributed by atoms with van der Waals surface area (Å²) in [6.07, 6.45) is 1.53. The van der Waals surface area contributed by atoms with Gasteiger partial charge in [0.2, 0.25) is 0 Å². The predicted molar refractivity (Wildman–Crippen MR) is 49.2 cm³/mol. The Kier molecular flexibility index (Phi) is 1.24. The highest BCUT2D eigenvalue weighted by Gasteiger charge is 1.96. The number of benzene rings is 1. The van der Waals surface area contributed by atoms with Crippen molar-refractivity contribution in [3.63, 3.8) is 0 Å². The van der Waals surface area contributed by atoms with Crippen molar-refractivity contribution in [2.24, 2.45) is 7.05 Å². The van der Waals surface area contributed by atoms with Crippen LogP contribution in [0.5, 0.6) is 0 Å². The fraction of sp³-hybridized carbons (Fsp3) is 0.100. The lowest BCUT2D eigenvalue weighted by Gasteiger charge is -2.02. The third-order valence-corrected chi connectivity index (χ3v) is 1.92. The van der Waals surface area contributed by atoms with Gasteiger partial charge in [0.05, 0.1) is 6.89 Å². The van der Waals surface area contributed by atoms with Gasteiger partial charge in [-0.1, -0.05) is 12.1 Å². The van der Waals surface area contributed by atoms with E-state index in [4.69, 9.17) is 1.37 Å². The molecule has 0 bridgehead atoms. The first kappa shape index (κ1) is 6.00. The minimum Gasteiger partial charge on any atom is -0.350 e. The highest BCUT2D eigenvalue weighted by atomic mass is 16.1. The third kappa shape index (κ3) is 0.925. The average molecular weight is 160 g/mol. The summed E-state index contributed by atoms with van der Waals surface area (Å²) in [5, 5.41) is 0.609. The highest BCUT2D eigenvalue weighted by molar-refractivity contribution is 5.78. The first-order valence-electron chi connectivity index (χ1n) is 4.25. The lowest BCUT2D eigenvalue weighted by atomic mass is 10.2. The van der Waals surface area contributed by atoms with Gasteiger partial charge < -0.3 is 4.57 Å². The number of aryl methyl sites for hydroxylation is 1. The van der Waals surface area contributed by atoms with Crippen LogP contribution in [0, 0.1) is 0 Å². The molecule has 2 rings (SSSR count). The SMILES string of the molecule is [2H]c1cn(C)c2ccccc2c1=O. The van der Waals surface area contributed by atoms with Gasteiger partial charge in [-0.2, -0.15) is 0 Å². The Hall–Kier alpha value is -1.57. The summed E-state index contributed by atoms with van der Waals surface area (Å²) in [6.45, 7) is 0. The van der Waals surface area contributed by atoms with Crippen molar-refractivity contribution in [3.8, 4) is 0 Å². The summed E-state index contributed by atoms with van der Waals surface area (Å²) >= 11 is 0. The molecule has 2 nitrogen and oxygen atoms in total. The van der Waals surface area contributed by atoms with E-state index in [0.717, 1.165) is 5.52 Å². The predicted octanol–water partition coefficient (Wildman–Crippen LogP) is 1.54. The summed E-state index contributed by atoms with van der Waals surface area (Å²) in [5.41, 5.74) is 0.664. The topological polar surface area (TPSA) is 22.0 Å². The summed E-state index contributed by atoms with van der Waals surface area (Å²) < 4.78 is 9.20. The molecule has 0 fully saturated rings. The molecule has 0 spiro atoms. The molecule has 0 aliphatic rings. The largest absolute Gasteiger partial charge is 0.350 e. The molecule has 2 aromatic rings. The van der Waals surface area contributed by atoms with E-state index in [1.807, 2.05) is 25.2 Å². The van der Waals surface area contributed by atoms with Crippen molar-refractivity contribution >= 4 is 10.9 Å². The van der Waals surface area contributed by atoms with Crippen LogP contribution in [0.1, 0.15) is 1.37 Å². The van der Waals surface area contributed by atoms with Crippen LogP contribution in [0.4, 0.5) is 0 Å². The Balaban J connectivity index is 3.06. The van der Waals surface area contributed by atoms with Gasteiger partial charge in [-0.25, -0.2) is 0 Å². The molecule has 1 aromatic heterocycles. The molecule has 12 heavy (non-hydrogen) atoms. The van der Waals surface area contributed by atoms with Gasteiger partial charge >= 0.3 is 0 Å². The number of fused-ring (bicyclic) bond motifs is 1. The van der Waals surface area contributed by atoms with Crippen LogP contribution in [0.25, 0.3) is 10.9 Å². The van der Waals surface area contributed by atoms with Gasteiger partial charge in [0.15, 0.2) is 5.43 Å². The molecule has 2 heteroatoms. The molecule has 0 saturated carbocycles. The van der Waals surface area contributed by atoms with Crippen LogP contribution in [-0.2, 0) is 7.05 Å². The van der Waals surface area contributed by atoms with Crippen LogP contribution >= 0.6 is 0 Å². The monoisotopic (exact) mass is 160 g/mol. The smallest absolute Gasteiger partial charge is 0.189 e. The molecule has 0 amide bonds. The van der Waals surface area contributed by atoms with E-state index >= 15 is 0 Å². The molecule has 0 N–H and O–H groups in total. The fourth-order valence-corrected chi connectivity index (χ4v) is 1.28. The molecular formula is C10H9NO.